The fourth-order valence-corrected chi connectivity index (χ4v) is 2.76. The van der Waals surface area contributed by atoms with Crippen molar-refractivity contribution in [2.75, 3.05) is 13.1 Å². The van der Waals surface area contributed by atoms with E-state index in [2.05, 4.69) is 61.7 Å². The van der Waals surface area contributed by atoms with E-state index >= 15 is 0 Å². The highest BCUT2D eigenvalue weighted by Gasteiger charge is 2.38. The second kappa shape index (κ2) is 8.61. The normalized spacial score (nSPS) is 16.9. The van der Waals surface area contributed by atoms with Crippen LogP contribution in [0.15, 0.2) is 35.3 Å². The van der Waals surface area contributed by atoms with Crippen LogP contribution < -0.4 is 10.6 Å². The molecule has 2 rings (SSSR count). The number of aliphatic imine (C=N–C) groups is 1. The number of hydrogen-bond donors (Lipinski definition) is 2. The number of benzene rings is 1. The number of guanidine groups is 1. The van der Waals surface area contributed by atoms with E-state index in [1.54, 1.807) is 0 Å². The third-order valence-electron chi connectivity index (χ3n) is 4.01. The van der Waals surface area contributed by atoms with Gasteiger partial charge in [0.1, 0.15) is 0 Å². The molecule has 1 aromatic carbocycles. The summed E-state index contributed by atoms with van der Waals surface area (Å²) in [4.78, 5) is 4.82. The summed E-state index contributed by atoms with van der Waals surface area (Å²) in [6.45, 7) is 8.16. The van der Waals surface area contributed by atoms with Crippen molar-refractivity contribution in [3.8, 4) is 0 Å². The molecule has 0 spiro atoms. The van der Waals surface area contributed by atoms with Crippen molar-refractivity contribution in [2.45, 2.75) is 51.5 Å². The first-order chi connectivity index (χ1) is 9.66. The summed E-state index contributed by atoms with van der Waals surface area (Å²) >= 11 is 0. The molecule has 1 aliphatic rings. The number of hydrogen-bond acceptors (Lipinski definition) is 1. The van der Waals surface area contributed by atoms with Gasteiger partial charge in [-0.3, -0.25) is 4.99 Å². The molecule has 118 valence electrons. The third kappa shape index (κ3) is 4.87. The molecular formula is C17H28IN3. The minimum atomic E-state index is 0. The fourth-order valence-electron chi connectivity index (χ4n) is 2.76. The van der Waals surface area contributed by atoms with E-state index in [1.807, 2.05) is 0 Å². The van der Waals surface area contributed by atoms with Crippen molar-refractivity contribution in [1.82, 2.24) is 10.6 Å². The lowest BCUT2D eigenvalue weighted by Crippen LogP contribution is -2.43. The van der Waals surface area contributed by atoms with Crippen LogP contribution in [-0.2, 0) is 5.41 Å². The van der Waals surface area contributed by atoms with Gasteiger partial charge in [-0.05, 0) is 39.2 Å². The summed E-state index contributed by atoms with van der Waals surface area (Å²) in [5.74, 6) is 0.935. The van der Waals surface area contributed by atoms with Crippen LogP contribution in [0.2, 0.25) is 0 Å². The maximum atomic E-state index is 4.82. The number of halogens is 1. The van der Waals surface area contributed by atoms with Crippen LogP contribution in [0.5, 0.6) is 0 Å². The first-order valence-electron chi connectivity index (χ1n) is 7.77. The van der Waals surface area contributed by atoms with Gasteiger partial charge in [0, 0.05) is 18.0 Å². The molecule has 0 aliphatic heterocycles. The molecule has 1 fully saturated rings. The van der Waals surface area contributed by atoms with E-state index in [0.717, 1.165) is 19.0 Å². The third-order valence-corrected chi connectivity index (χ3v) is 4.01. The average molecular weight is 401 g/mol. The summed E-state index contributed by atoms with van der Waals surface area (Å²) in [5.41, 5.74) is 1.70. The molecule has 0 saturated heterocycles. The maximum absolute atomic E-state index is 4.82. The van der Waals surface area contributed by atoms with Gasteiger partial charge >= 0.3 is 0 Å². The quantitative estimate of drug-likeness (QED) is 0.449. The van der Waals surface area contributed by atoms with Crippen molar-refractivity contribution < 1.29 is 0 Å². The Hall–Kier alpha value is -0.780. The fraction of sp³-hybridized carbons (Fsp3) is 0.588. The van der Waals surface area contributed by atoms with Gasteiger partial charge in [-0.1, -0.05) is 36.8 Å². The van der Waals surface area contributed by atoms with Crippen molar-refractivity contribution >= 4 is 29.9 Å². The van der Waals surface area contributed by atoms with E-state index in [-0.39, 0.29) is 29.4 Å². The molecular weight excluding hydrogens is 373 g/mol. The molecule has 0 atom stereocenters. The zero-order valence-electron chi connectivity index (χ0n) is 13.4. The van der Waals surface area contributed by atoms with Crippen LogP contribution in [0.25, 0.3) is 0 Å². The van der Waals surface area contributed by atoms with Crippen LogP contribution in [0.3, 0.4) is 0 Å². The molecule has 0 heterocycles. The Morgan fingerprint density at radius 1 is 1.24 bits per heavy atom. The molecule has 0 radical (unpaired) electrons. The second-order valence-corrected chi connectivity index (χ2v) is 5.99. The van der Waals surface area contributed by atoms with Crippen LogP contribution in [-0.4, -0.2) is 25.1 Å². The summed E-state index contributed by atoms with van der Waals surface area (Å²) < 4.78 is 0. The Bertz CT molecular complexity index is 439. The first-order valence-corrected chi connectivity index (χ1v) is 7.77. The molecule has 0 amide bonds. The van der Waals surface area contributed by atoms with Crippen LogP contribution in [0.1, 0.15) is 45.6 Å². The lowest BCUT2D eigenvalue weighted by atomic mass is 9.64. The number of nitrogens with zero attached hydrogens (tertiary/aromatic N) is 1. The highest BCUT2D eigenvalue weighted by molar-refractivity contribution is 14.0. The van der Waals surface area contributed by atoms with Gasteiger partial charge in [-0.15, -0.1) is 24.0 Å². The van der Waals surface area contributed by atoms with E-state index in [9.17, 15) is 0 Å². The maximum Gasteiger partial charge on any atom is 0.191 e. The van der Waals surface area contributed by atoms with Gasteiger partial charge in [-0.2, -0.15) is 0 Å². The van der Waals surface area contributed by atoms with E-state index in [1.165, 1.54) is 24.8 Å². The topological polar surface area (TPSA) is 36.4 Å². The Kier molecular flexibility index (Phi) is 7.49. The van der Waals surface area contributed by atoms with Gasteiger partial charge in [0.2, 0.25) is 0 Å². The van der Waals surface area contributed by atoms with Crippen molar-refractivity contribution in [3.63, 3.8) is 0 Å². The molecule has 21 heavy (non-hydrogen) atoms. The van der Waals surface area contributed by atoms with Gasteiger partial charge < -0.3 is 10.6 Å². The molecule has 1 aliphatic carbocycles. The first kappa shape index (κ1) is 18.3. The molecule has 4 heteroatoms. The Morgan fingerprint density at radius 2 is 1.90 bits per heavy atom. The van der Waals surface area contributed by atoms with E-state index < -0.39 is 0 Å². The SMILES string of the molecule is CCNC(=NCC1(c2ccccc2)CCC1)NC(C)C.I. The molecule has 0 unspecified atom stereocenters. The summed E-state index contributed by atoms with van der Waals surface area (Å²) in [6, 6.07) is 11.3. The molecule has 0 aromatic heterocycles. The lowest BCUT2D eigenvalue weighted by molar-refractivity contribution is 0.253. The predicted molar refractivity (Wildman–Crippen MR) is 102 cm³/mol. The molecule has 1 aromatic rings. The van der Waals surface area contributed by atoms with Gasteiger partial charge in [-0.25, -0.2) is 0 Å². The highest BCUT2D eigenvalue weighted by atomic mass is 127. The monoisotopic (exact) mass is 401 g/mol. The lowest BCUT2D eigenvalue weighted by Gasteiger charge is -2.41. The van der Waals surface area contributed by atoms with Crippen LogP contribution in [0, 0.1) is 0 Å². The minimum Gasteiger partial charge on any atom is -0.357 e. The average Bonchev–Trinajstić information content (AvgIpc) is 2.38. The molecule has 0 bridgehead atoms. The number of nitrogens with one attached hydrogen (secondary N) is 2. The molecule has 2 N–H and O–H groups in total. The molecule has 3 nitrogen and oxygen atoms in total. The number of rotatable bonds is 5. The van der Waals surface area contributed by atoms with Crippen molar-refractivity contribution in [3.05, 3.63) is 35.9 Å². The zero-order valence-corrected chi connectivity index (χ0v) is 15.7. The molecule has 1 saturated carbocycles. The standard InChI is InChI=1S/C17H27N3.HI/c1-4-18-16(20-14(2)3)19-13-17(11-8-12-17)15-9-6-5-7-10-15;/h5-7,9-10,14H,4,8,11-13H2,1-3H3,(H2,18,19,20);1H. The Labute approximate surface area is 146 Å². The second-order valence-electron chi connectivity index (χ2n) is 5.99. The summed E-state index contributed by atoms with van der Waals surface area (Å²) in [6.07, 6.45) is 3.82. The summed E-state index contributed by atoms with van der Waals surface area (Å²) in [5, 5.41) is 6.72. The largest absolute Gasteiger partial charge is 0.357 e. The van der Waals surface area contributed by atoms with Gasteiger partial charge in [0.25, 0.3) is 0 Å². The van der Waals surface area contributed by atoms with Gasteiger partial charge in [0.05, 0.1) is 6.54 Å². The van der Waals surface area contributed by atoms with Crippen molar-refractivity contribution in [1.29, 1.82) is 0 Å². The zero-order chi connectivity index (χ0) is 14.4. The Morgan fingerprint density at radius 3 is 2.38 bits per heavy atom. The predicted octanol–water partition coefficient (Wildman–Crippen LogP) is 3.69. The smallest absolute Gasteiger partial charge is 0.191 e. The van der Waals surface area contributed by atoms with Crippen molar-refractivity contribution in [2.24, 2.45) is 4.99 Å². The van der Waals surface area contributed by atoms with E-state index in [0.29, 0.717) is 6.04 Å². The summed E-state index contributed by atoms with van der Waals surface area (Å²) in [7, 11) is 0. The van der Waals surface area contributed by atoms with Crippen LogP contribution in [0.4, 0.5) is 0 Å². The van der Waals surface area contributed by atoms with Gasteiger partial charge in [0.15, 0.2) is 5.96 Å². The van der Waals surface area contributed by atoms with Crippen LogP contribution >= 0.6 is 24.0 Å². The highest BCUT2D eigenvalue weighted by Crippen LogP contribution is 2.43. The minimum absolute atomic E-state index is 0. The Balaban J connectivity index is 0.00000220. The van der Waals surface area contributed by atoms with E-state index in [4.69, 9.17) is 4.99 Å².